The summed E-state index contributed by atoms with van der Waals surface area (Å²) in [5, 5.41) is 4.44. The Bertz CT molecular complexity index is 926. The molecule has 1 saturated carbocycles. The van der Waals surface area contributed by atoms with Gasteiger partial charge in [0.25, 0.3) is 0 Å². The lowest BCUT2D eigenvalue weighted by Gasteiger charge is -2.18. The van der Waals surface area contributed by atoms with Crippen molar-refractivity contribution in [1.82, 2.24) is 5.43 Å². The largest absolute Gasteiger partial charge is 0.273 e. The van der Waals surface area contributed by atoms with Crippen LogP contribution in [0.2, 0.25) is 0 Å². The summed E-state index contributed by atoms with van der Waals surface area (Å²) in [4.78, 5) is 13.0. The van der Waals surface area contributed by atoms with Gasteiger partial charge < -0.3 is 0 Å². The van der Waals surface area contributed by atoms with Gasteiger partial charge in [0.2, 0.25) is 5.91 Å². The van der Waals surface area contributed by atoms with Gasteiger partial charge in [0.05, 0.1) is 11.6 Å². The number of carbonyl (C=O) groups is 1. The molecule has 1 aliphatic rings. The maximum absolute atomic E-state index is 13.0. The molecule has 0 heterocycles. The third-order valence-electron chi connectivity index (χ3n) is 5.60. The van der Waals surface area contributed by atoms with Crippen LogP contribution in [0, 0.1) is 5.92 Å². The molecular formula is C25H24N2O. The Morgan fingerprint density at radius 3 is 1.89 bits per heavy atom. The van der Waals surface area contributed by atoms with Gasteiger partial charge >= 0.3 is 0 Å². The molecule has 1 atom stereocenters. The van der Waals surface area contributed by atoms with E-state index in [1.54, 1.807) is 0 Å². The predicted octanol–water partition coefficient (Wildman–Crippen LogP) is 4.92. The maximum atomic E-state index is 13.0. The zero-order chi connectivity index (χ0) is 19.4. The minimum Gasteiger partial charge on any atom is -0.273 e. The van der Waals surface area contributed by atoms with Crippen LogP contribution in [0.3, 0.4) is 0 Å². The van der Waals surface area contributed by atoms with Crippen LogP contribution in [0.5, 0.6) is 0 Å². The Hall–Kier alpha value is -3.20. The van der Waals surface area contributed by atoms with Crippen molar-refractivity contribution in [3.05, 3.63) is 108 Å². The molecule has 3 nitrogen and oxygen atoms in total. The van der Waals surface area contributed by atoms with Gasteiger partial charge in [-0.2, -0.15) is 5.10 Å². The van der Waals surface area contributed by atoms with Crippen molar-refractivity contribution >= 4 is 11.6 Å². The molecule has 3 heteroatoms. The van der Waals surface area contributed by atoms with E-state index in [4.69, 9.17) is 0 Å². The van der Waals surface area contributed by atoms with Gasteiger partial charge in [-0.1, -0.05) is 97.9 Å². The fourth-order valence-electron chi connectivity index (χ4n) is 4.03. The smallest absolute Gasteiger partial charge is 0.244 e. The molecule has 3 aromatic carbocycles. The molecular weight excluding hydrogens is 344 g/mol. The first kappa shape index (κ1) is 18.2. The molecule has 0 unspecified atom stereocenters. The van der Waals surface area contributed by atoms with Gasteiger partial charge in [0.15, 0.2) is 0 Å². The molecule has 28 heavy (non-hydrogen) atoms. The van der Waals surface area contributed by atoms with Crippen molar-refractivity contribution in [2.75, 3.05) is 0 Å². The lowest BCUT2D eigenvalue weighted by Crippen LogP contribution is -2.26. The number of benzene rings is 3. The Kier molecular flexibility index (Phi) is 5.07. The molecule has 1 fully saturated rings. The minimum atomic E-state index is -0.263. The number of nitrogens with zero attached hydrogens (tertiary/aromatic N) is 1. The van der Waals surface area contributed by atoms with E-state index >= 15 is 0 Å². The Morgan fingerprint density at radius 2 is 1.39 bits per heavy atom. The molecule has 0 aliphatic heterocycles. The van der Waals surface area contributed by atoms with Gasteiger partial charge in [-0.05, 0) is 29.5 Å². The lowest BCUT2D eigenvalue weighted by atomic mass is 9.85. The van der Waals surface area contributed by atoms with Gasteiger partial charge in [-0.15, -0.1) is 0 Å². The normalized spacial score (nSPS) is 17.8. The Labute approximate surface area is 166 Å². The summed E-state index contributed by atoms with van der Waals surface area (Å²) in [6, 6.07) is 30.6. The van der Waals surface area contributed by atoms with Crippen LogP contribution < -0.4 is 5.43 Å². The second-order valence-electron chi connectivity index (χ2n) is 7.21. The van der Waals surface area contributed by atoms with Crippen LogP contribution in [0.25, 0.3) is 0 Å². The summed E-state index contributed by atoms with van der Waals surface area (Å²) in [7, 11) is 0. The number of hydrazone groups is 1. The van der Waals surface area contributed by atoms with Gasteiger partial charge in [0.1, 0.15) is 0 Å². The van der Waals surface area contributed by atoms with Crippen molar-refractivity contribution in [2.45, 2.75) is 25.2 Å². The average molecular weight is 368 g/mol. The van der Waals surface area contributed by atoms with E-state index < -0.39 is 0 Å². The summed E-state index contributed by atoms with van der Waals surface area (Å²) in [5.74, 6) is -0.135. The topological polar surface area (TPSA) is 41.5 Å². The van der Waals surface area contributed by atoms with Gasteiger partial charge in [-0.3, -0.25) is 4.79 Å². The van der Waals surface area contributed by atoms with E-state index in [9.17, 15) is 4.79 Å². The molecule has 140 valence electrons. The van der Waals surface area contributed by atoms with Crippen LogP contribution in [0.4, 0.5) is 0 Å². The number of rotatable bonds is 6. The summed E-state index contributed by atoms with van der Waals surface area (Å²) in [6.07, 6.45) is 1.56. The summed E-state index contributed by atoms with van der Waals surface area (Å²) in [6.45, 7) is 2.05. The van der Waals surface area contributed by atoms with Crippen molar-refractivity contribution in [3.63, 3.8) is 0 Å². The molecule has 1 aliphatic carbocycles. The standard InChI is InChI=1S/C25H24N2O/c1-2-23(19-12-6-3-7-13-19)26-27-24(28)22-18-25(22,20-14-8-4-9-15-20)21-16-10-5-11-17-21/h3-17,22H,2,18H2,1H3,(H,27,28)/b26-23-/t22-/m1/s1. The number of hydrogen-bond donors (Lipinski definition) is 1. The zero-order valence-electron chi connectivity index (χ0n) is 16.0. The quantitative estimate of drug-likeness (QED) is 0.487. The van der Waals surface area contributed by atoms with Crippen LogP contribution in [-0.2, 0) is 10.2 Å². The van der Waals surface area contributed by atoms with Crippen LogP contribution in [0.15, 0.2) is 96.1 Å². The molecule has 0 bridgehead atoms. The monoisotopic (exact) mass is 368 g/mol. The number of amides is 1. The lowest BCUT2D eigenvalue weighted by molar-refractivity contribution is -0.122. The highest BCUT2D eigenvalue weighted by atomic mass is 16.2. The second-order valence-corrected chi connectivity index (χ2v) is 7.21. The van der Waals surface area contributed by atoms with Gasteiger partial charge in [0, 0.05) is 5.41 Å². The highest BCUT2D eigenvalue weighted by Gasteiger charge is 2.60. The first-order valence-corrected chi connectivity index (χ1v) is 9.78. The maximum Gasteiger partial charge on any atom is 0.244 e. The van der Waals surface area contributed by atoms with Crippen molar-refractivity contribution < 1.29 is 4.79 Å². The van der Waals surface area contributed by atoms with E-state index in [-0.39, 0.29) is 17.2 Å². The van der Waals surface area contributed by atoms with E-state index in [0.717, 1.165) is 24.1 Å². The van der Waals surface area contributed by atoms with E-state index in [2.05, 4.69) is 34.8 Å². The molecule has 0 spiro atoms. The summed E-state index contributed by atoms with van der Waals surface area (Å²) < 4.78 is 0. The number of nitrogens with one attached hydrogen (secondary N) is 1. The molecule has 4 rings (SSSR count). The van der Waals surface area contributed by atoms with Crippen molar-refractivity contribution in [1.29, 1.82) is 0 Å². The van der Waals surface area contributed by atoms with E-state index in [1.165, 1.54) is 11.1 Å². The van der Waals surface area contributed by atoms with Crippen LogP contribution >= 0.6 is 0 Å². The molecule has 0 aromatic heterocycles. The highest BCUT2D eigenvalue weighted by molar-refractivity contribution is 6.01. The number of hydrogen-bond acceptors (Lipinski definition) is 2. The zero-order valence-corrected chi connectivity index (χ0v) is 16.0. The fourth-order valence-corrected chi connectivity index (χ4v) is 4.03. The molecule has 0 radical (unpaired) electrons. The fraction of sp³-hybridized carbons (Fsp3) is 0.200. The van der Waals surface area contributed by atoms with Crippen LogP contribution in [0.1, 0.15) is 36.5 Å². The first-order valence-electron chi connectivity index (χ1n) is 9.78. The van der Waals surface area contributed by atoms with Crippen molar-refractivity contribution in [3.8, 4) is 0 Å². The minimum absolute atomic E-state index is 0.0189. The number of carbonyl (C=O) groups excluding carboxylic acids is 1. The SMILES string of the molecule is CC/C(=N/NC(=O)[C@H]1CC1(c1ccccc1)c1ccccc1)c1ccccc1. The first-order chi connectivity index (χ1) is 13.8. The molecule has 0 saturated heterocycles. The van der Waals surface area contributed by atoms with Crippen molar-refractivity contribution in [2.24, 2.45) is 11.0 Å². The summed E-state index contributed by atoms with van der Waals surface area (Å²) in [5.41, 5.74) is 6.87. The highest BCUT2D eigenvalue weighted by Crippen LogP contribution is 2.58. The predicted molar refractivity (Wildman–Crippen MR) is 113 cm³/mol. The Balaban J connectivity index is 1.59. The van der Waals surface area contributed by atoms with Crippen LogP contribution in [-0.4, -0.2) is 11.6 Å². The summed E-state index contributed by atoms with van der Waals surface area (Å²) >= 11 is 0. The molecule has 1 N–H and O–H groups in total. The second kappa shape index (κ2) is 7.81. The van der Waals surface area contributed by atoms with Gasteiger partial charge in [-0.25, -0.2) is 5.43 Å². The van der Waals surface area contributed by atoms with E-state index in [1.807, 2.05) is 73.7 Å². The third kappa shape index (κ3) is 3.36. The van der Waals surface area contributed by atoms with E-state index in [0.29, 0.717) is 0 Å². The third-order valence-corrected chi connectivity index (χ3v) is 5.60. The molecule has 1 amide bonds. The molecule has 3 aromatic rings. The average Bonchev–Trinajstić information content (AvgIpc) is 3.53. The Morgan fingerprint density at radius 1 is 0.893 bits per heavy atom.